The zero-order valence-corrected chi connectivity index (χ0v) is 15.1. The smallest absolute Gasteiger partial charge is 0.0459 e. The van der Waals surface area contributed by atoms with Crippen LogP contribution in [0.25, 0.3) is 0 Å². The van der Waals surface area contributed by atoms with Gasteiger partial charge in [0.25, 0.3) is 0 Å². The second kappa shape index (κ2) is 6.89. The van der Waals surface area contributed by atoms with E-state index in [0.717, 1.165) is 40.5 Å². The number of rotatable bonds is 6. The van der Waals surface area contributed by atoms with Crippen molar-refractivity contribution in [2.45, 2.75) is 46.0 Å². The first-order valence-electron chi connectivity index (χ1n) is 8.01. The Morgan fingerprint density at radius 1 is 1.14 bits per heavy atom. The topological polar surface area (TPSA) is 12.0 Å². The highest BCUT2D eigenvalue weighted by atomic mass is 35.5. The van der Waals surface area contributed by atoms with Crippen molar-refractivity contribution in [1.82, 2.24) is 5.32 Å². The van der Waals surface area contributed by atoms with Crippen LogP contribution < -0.4 is 5.32 Å². The van der Waals surface area contributed by atoms with Crippen LogP contribution in [0.2, 0.25) is 10.0 Å². The van der Waals surface area contributed by atoms with Gasteiger partial charge >= 0.3 is 0 Å². The quantitative estimate of drug-likeness (QED) is 0.722. The molecule has 1 aromatic rings. The molecule has 1 fully saturated rings. The zero-order chi connectivity index (χ0) is 15.6. The molecule has 1 aliphatic carbocycles. The van der Waals surface area contributed by atoms with Crippen LogP contribution in [0.4, 0.5) is 0 Å². The van der Waals surface area contributed by atoms with Gasteiger partial charge in [0.05, 0.1) is 0 Å². The molecule has 0 spiro atoms. The standard InChI is InChI=1S/C18H27Cl2N/c1-12(2)10-21-11-18(8-14(9-18)13(3)4)17-15(19)6-5-7-16(17)20/h5-7,12-14,21H,8-11H2,1-4H3. The highest BCUT2D eigenvalue weighted by molar-refractivity contribution is 6.36. The van der Waals surface area contributed by atoms with Crippen molar-refractivity contribution in [1.29, 1.82) is 0 Å². The van der Waals surface area contributed by atoms with Gasteiger partial charge in [-0.05, 0) is 54.8 Å². The summed E-state index contributed by atoms with van der Waals surface area (Å²) in [6, 6.07) is 5.87. The van der Waals surface area contributed by atoms with Gasteiger partial charge in [0.15, 0.2) is 0 Å². The maximum Gasteiger partial charge on any atom is 0.0459 e. The van der Waals surface area contributed by atoms with E-state index in [-0.39, 0.29) is 5.41 Å². The van der Waals surface area contributed by atoms with Crippen LogP contribution in [-0.4, -0.2) is 13.1 Å². The summed E-state index contributed by atoms with van der Waals surface area (Å²) in [6.07, 6.45) is 2.36. The van der Waals surface area contributed by atoms with Gasteiger partial charge in [0.2, 0.25) is 0 Å². The van der Waals surface area contributed by atoms with Crippen LogP contribution in [0.5, 0.6) is 0 Å². The molecule has 0 bridgehead atoms. The molecule has 1 aromatic carbocycles. The summed E-state index contributed by atoms with van der Waals surface area (Å²) in [5, 5.41) is 5.25. The van der Waals surface area contributed by atoms with E-state index in [4.69, 9.17) is 23.2 Å². The lowest BCUT2D eigenvalue weighted by Crippen LogP contribution is -2.50. The summed E-state index contributed by atoms with van der Waals surface area (Å²) in [4.78, 5) is 0. The van der Waals surface area contributed by atoms with Crippen LogP contribution in [0.3, 0.4) is 0 Å². The largest absolute Gasteiger partial charge is 0.316 e. The fraction of sp³-hybridized carbons (Fsp3) is 0.667. The van der Waals surface area contributed by atoms with E-state index in [1.165, 1.54) is 12.8 Å². The lowest BCUT2D eigenvalue weighted by atomic mass is 9.55. The highest BCUT2D eigenvalue weighted by Gasteiger charge is 2.47. The van der Waals surface area contributed by atoms with E-state index >= 15 is 0 Å². The zero-order valence-electron chi connectivity index (χ0n) is 13.5. The van der Waals surface area contributed by atoms with Gasteiger partial charge in [-0.3, -0.25) is 0 Å². The normalized spacial score (nSPS) is 25.4. The second-order valence-electron chi connectivity index (χ2n) is 7.31. The van der Waals surface area contributed by atoms with Crippen molar-refractivity contribution in [2.24, 2.45) is 17.8 Å². The number of hydrogen-bond acceptors (Lipinski definition) is 1. The van der Waals surface area contributed by atoms with E-state index in [9.17, 15) is 0 Å². The molecule has 3 heteroatoms. The van der Waals surface area contributed by atoms with Crippen molar-refractivity contribution in [3.63, 3.8) is 0 Å². The summed E-state index contributed by atoms with van der Waals surface area (Å²) in [7, 11) is 0. The predicted octanol–water partition coefficient (Wildman–Crippen LogP) is 5.54. The summed E-state index contributed by atoms with van der Waals surface area (Å²) < 4.78 is 0. The maximum absolute atomic E-state index is 6.48. The maximum atomic E-state index is 6.48. The van der Waals surface area contributed by atoms with Crippen molar-refractivity contribution in [2.75, 3.05) is 13.1 Å². The summed E-state index contributed by atoms with van der Waals surface area (Å²) in [5.41, 5.74) is 1.26. The van der Waals surface area contributed by atoms with Crippen LogP contribution in [0.15, 0.2) is 18.2 Å². The molecule has 21 heavy (non-hydrogen) atoms. The van der Waals surface area contributed by atoms with Crippen LogP contribution in [0.1, 0.15) is 46.1 Å². The molecule has 1 aliphatic rings. The van der Waals surface area contributed by atoms with E-state index in [1.807, 2.05) is 18.2 Å². The number of hydrogen-bond donors (Lipinski definition) is 1. The van der Waals surface area contributed by atoms with Crippen LogP contribution >= 0.6 is 23.2 Å². The summed E-state index contributed by atoms with van der Waals surface area (Å²) >= 11 is 13.0. The van der Waals surface area contributed by atoms with Crippen molar-refractivity contribution in [3.8, 4) is 0 Å². The summed E-state index contributed by atoms with van der Waals surface area (Å²) in [6.45, 7) is 11.1. The Kier molecular flexibility index (Phi) is 5.62. The Hall–Kier alpha value is -0.240. The van der Waals surface area contributed by atoms with Gasteiger partial charge in [0, 0.05) is 22.0 Å². The minimum Gasteiger partial charge on any atom is -0.316 e. The van der Waals surface area contributed by atoms with Crippen LogP contribution in [0, 0.1) is 17.8 Å². The van der Waals surface area contributed by atoms with Gasteiger partial charge in [0.1, 0.15) is 0 Å². The molecule has 0 unspecified atom stereocenters. The number of nitrogens with one attached hydrogen (secondary N) is 1. The molecular formula is C18H27Cl2N. The number of benzene rings is 1. The average molecular weight is 328 g/mol. The molecule has 1 saturated carbocycles. The fourth-order valence-corrected chi connectivity index (χ4v) is 4.26. The van der Waals surface area contributed by atoms with Gasteiger partial charge in [-0.1, -0.05) is 57.0 Å². The van der Waals surface area contributed by atoms with Crippen molar-refractivity contribution in [3.05, 3.63) is 33.8 Å². The third-order valence-electron chi connectivity index (χ3n) is 4.76. The van der Waals surface area contributed by atoms with E-state index in [2.05, 4.69) is 33.0 Å². The Morgan fingerprint density at radius 2 is 1.71 bits per heavy atom. The Bertz CT molecular complexity index is 456. The van der Waals surface area contributed by atoms with E-state index in [0.29, 0.717) is 5.92 Å². The minimum atomic E-state index is 0.110. The monoisotopic (exact) mass is 327 g/mol. The van der Waals surface area contributed by atoms with Gasteiger partial charge < -0.3 is 5.32 Å². The van der Waals surface area contributed by atoms with Gasteiger partial charge in [-0.2, -0.15) is 0 Å². The second-order valence-corrected chi connectivity index (χ2v) is 8.13. The van der Waals surface area contributed by atoms with E-state index in [1.54, 1.807) is 0 Å². The van der Waals surface area contributed by atoms with Gasteiger partial charge in [-0.25, -0.2) is 0 Å². The highest BCUT2D eigenvalue weighted by Crippen LogP contribution is 2.53. The Labute approximate surface area is 139 Å². The SMILES string of the molecule is CC(C)CNCC1(c2c(Cl)cccc2Cl)CC(C(C)C)C1. The van der Waals surface area contributed by atoms with Crippen LogP contribution in [-0.2, 0) is 5.41 Å². The van der Waals surface area contributed by atoms with Gasteiger partial charge in [-0.15, -0.1) is 0 Å². The summed E-state index contributed by atoms with van der Waals surface area (Å²) in [5.74, 6) is 2.16. The molecule has 0 saturated heterocycles. The Balaban J connectivity index is 2.21. The number of halogens is 2. The molecule has 0 radical (unpaired) electrons. The minimum absolute atomic E-state index is 0.110. The first-order chi connectivity index (χ1) is 9.85. The molecular weight excluding hydrogens is 301 g/mol. The third kappa shape index (κ3) is 3.75. The molecule has 0 heterocycles. The molecule has 0 aromatic heterocycles. The fourth-order valence-electron chi connectivity index (χ4n) is 3.46. The molecule has 0 atom stereocenters. The predicted molar refractivity (Wildman–Crippen MR) is 93.4 cm³/mol. The molecule has 0 amide bonds. The van der Waals surface area contributed by atoms with Crippen molar-refractivity contribution >= 4 is 23.2 Å². The lowest BCUT2D eigenvalue weighted by molar-refractivity contribution is 0.0972. The molecule has 0 aliphatic heterocycles. The third-order valence-corrected chi connectivity index (χ3v) is 5.39. The lowest BCUT2D eigenvalue weighted by Gasteiger charge is -2.51. The molecule has 2 rings (SSSR count). The van der Waals surface area contributed by atoms with E-state index < -0.39 is 0 Å². The first-order valence-corrected chi connectivity index (χ1v) is 8.76. The average Bonchev–Trinajstić information content (AvgIpc) is 2.32. The van der Waals surface area contributed by atoms with Crippen molar-refractivity contribution < 1.29 is 0 Å². The Morgan fingerprint density at radius 3 is 2.19 bits per heavy atom. The molecule has 118 valence electrons. The first kappa shape index (κ1) is 17.1. The molecule has 1 nitrogen and oxygen atoms in total. The molecule has 1 N–H and O–H groups in total.